The maximum Gasteiger partial charge on any atom is 0.414 e. The Labute approximate surface area is 420 Å². The molecule has 5 heterocycles. The van der Waals surface area contributed by atoms with E-state index in [4.69, 9.17) is 28.4 Å². The Morgan fingerprint density at radius 3 is 2.49 bits per heavy atom. The minimum absolute atomic E-state index is 0.00554. The van der Waals surface area contributed by atoms with Crippen molar-refractivity contribution < 1.29 is 67.1 Å². The van der Waals surface area contributed by atoms with E-state index in [0.717, 1.165) is 17.7 Å². The van der Waals surface area contributed by atoms with Gasteiger partial charge in [-0.3, -0.25) is 19.2 Å². The van der Waals surface area contributed by atoms with E-state index < -0.39 is 54.6 Å². The van der Waals surface area contributed by atoms with Crippen LogP contribution in [-0.4, -0.2) is 142 Å². The molecule has 2 saturated heterocycles. The maximum absolute atomic E-state index is 13.9. The highest BCUT2D eigenvalue weighted by Crippen LogP contribution is 2.42. The zero-order chi connectivity index (χ0) is 52.2. The molecule has 0 bridgehead atoms. The van der Waals surface area contributed by atoms with Crippen molar-refractivity contribution >= 4 is 59.0 Å². The van der Waals surface area contributed by atoms with Crippen LogP contribution in [-0.2, 0) is 42.6 Å². The highest BCUT2D eigenvalue weighted by Gasteiger charge is 2.47. The molecule has 0 spiro atoms. The SMILES string of the molecule is C=CCOC(=O)NC(C)C(=O)OCCCNC(=O)c1cnc(C(=O)Nc2ccc(-c3nc(NC(=O)CCCOc4cc5c(cc4OC)C(=O)N4CCCC4C(OC4CCCCO4)N5C(=O)O)cn3C)cc2)n1C. The molecule has 4 unspecified atom stereocenters. The van der Waals surface area contributed by atoms with Crippen LogP contribution in [0.4, 0.5) is 26.8 Å². The molecule has 3 aliphatic rings. The van der Waals surface area contributed by atoms with Crippen LogP contribution in [0.15, 0.2) is 61.4 Å². The number of benzene rings is 2. The lowest BCUT2D eigenvalue weighted by molar-refractivity contribution is -0.195. The molecule has 73 heavy (non-hydrogen) atoms. The fourth-order valence-corrected chi connectivity index (χ4v) is 8.55. The number of carbonyl (C=O) groups is 7. The first kappa shape index (κ1) is 52.8. The van der Waals surface area contributed by atoms with Gasteiger partial charge in [0.15, 0.2) is 35.7 Å². The second-order valence-corrected chi connectivity index (χ2v) is 17.4. The molecule has 3 aliphatic heterocycles. The summed E-state index contributed by atoms with van der Waals surface area (Å²) >= 11 is 0. The van der Waals surface area contributed by atoms with Gasteiger partial charge in [-0.25, -0.2) is 29.3 Å². The van der Waals surface area contributed by atoms with Gasteiger partial charge < -0.3 is 68.8 Å². The Kier molecular flexibility index (Phi) is 17.7. The number of ether oxygens (including phenoxy) is 6. The van der Waals surface area contributed by atoms with Crippen molar-refractivity contribution in [3.8, 4) is 22.9 Å². The van der Waals surface area contributed by atoms with Crippen molar-refractivity contribution in [3.05, 3.63) is 78.5 Å². The Hall–Kier alpha value is -7.99. The number of rotatable bonds is 21. The predicted octanol–water partition coefficient (Wildman–Crippen LogP) is 4.81. The molecule has 390 valence electrons. The molecule has 4 atom stereocenters. The van der Waals surface area contributed by atoms with Crippen LogP contribution in [0.25, 0.3) is 11.4 Å². The number of carbonyl (C=O) groups excluding carboxylic acids is 6. The average Bonchev–Trinajstić information content (AvgIpc) is 4.11. The molecule has 0 saturated carbocycles. The Morgan fingerprint density at radius 2 is 1.77 bits per heavy atom. The number of fused-ring (bicyclic) bond motifs is 2. The van der Waals surface area contributed by atoms with Crippen molar-refractivity contribution in [1.29, 1.82) is 0 Å². The van der Waals surface area contributed by atoms with E-state index in [1.165, 1.54) is 50.1 Å². The number of amides is 6. The summed E-state index contributed by atoms with van der Waals surface area (Å²) in [6, 6.07) is 8.35. The summed E-state index contributed by atoms with van der Waals surface area (Å²) in [5.41, 5.74) is 1.51. The van der Waals surface area contributed by atoms with Gasteiger partial charge in [0.1, 0.15) is 24.2 Å². The summed E-state index contributed by atoms with van der Waals surface area (Å²) in [7, 11) is 4.72. The quantitative estimate of drug-likeness (QED) is 0.0425. The summed E-state index contributed by atoms with van der Waals surface area (Å²) in [5, 5.41) is 21.2. The van der Waals surface area contributed by atoms with E-state index in [9.17, 15) is 38.7 Å². The summed E-state index contributed by atoms with van der Waals surface area (Å²) in [6.07, 6.45) is 4.88. The van der Waals surface area contributed by atoms with E-state index in [1.54, 1.807) is 47.0 Å². The molecular weight excluding hydrogens is 953 g/mol. The number of aryl methyl sites for hydroxylation is 1. The lowest BCUT2D eigenvalue weighted by Crippen LogP contribution is -2.53. The Morgan fingerprint density at radius 1 is 0.973 bits per heavy atom. The normalized spacial score (nSPS) is 17.5. The fraction of sp³-hybridized carbons (Fsp3) is 0.449. The third kappa shape index (κ3) is 12.9. The van der Waals surface area contributed by atoms with Crippen molar-refractivity contribution in [2.24, 2.45) is 14.1 Å². The number of nitrogens with one attached hydrogen (secondary N) is 4. The minimum Gasteiger partial charge on any atom is -0.493 e. The second-order valence-electron chi connectivity index (χ2n) is 17.4. The summed E-state index contributed by atoms with van der Waals surface area (Å²) in [5.74, 6) is -1.13. The number of nitrogens with zero attached hydrogens (tertiary/aromatic N) is 6. The van der Waals surface area contributed by atoms with E-state index in [1.807, 2.05) is 0 Å². The third-order valence-corrected chi connectivity index (χ3v) is 12.2. The first-order valence-electron chi connectivity index (χ1n) is 23.9. The van der Waals surface area contributed by atoms with Crippen molar-refractivity contribution in [3.63, 3.8) is 0 Å². The van der Waals surface area contributed by atoms with Gasteiger partial charge in [0.05, 0.1) is 43.8 Å². The molecule has 6 amide bonds. The van der Waals surface area contributed by atoms with Crippen LogP contribution in [0, 0.1) is 0 Å². The van der Waals surface area contributed by atoms with Crippen molar-refractivity contribution in [2.45, 2.75) is 82.9 Å². The van der Waals surface area contributed by atoms with Gasteiger partial charge in [-0.15, -0.1) is 0 Å². The van der Waals surface area contributed by atoms with Crippen molar-refractivity contribution in [1.82, 2.24) is 34.6 Å². The first-order chi connectivity index (χ1) is 35.2. The number of aromatic nitrogens is 4. The number of anilines is 3. The Bertz CT molecular complexity index is 2680. The number of imidazole rings is 2. The molecule has 24 heteroatoms. The number of hydrogen-bond donors (Lipinski definition) is 5. The molecule has 2 aromatic carbocycles. The average molecular weight is 1010 g/mol. The van der Waals surface area contributed by atoms with Crippen LogP contribution >= 0.6 is 0 Å². The summed E-state index contributed by atoms with van der Waals surface area (Å²) in [4.78, 5) is 101. The van der Waals surface area contributed by atoms with Gasteiger partial charge in [0, 0.05) is 63.7 Å². The van der Waals surface area contributed by atoms with Gasteiger partial charge in [-0.2, -0.15) is 0 Å². The van der Waals surface area contributed by atoms with Crippen molar-refractivity contribution in [2.75, 3.05) is 62.2 Å². The lowest BCUT2D eigenvalue weighted by Gasteiger charge is -2.37. The van der Waals surface area contributed by atoms with Gasteiger partial charge in [0.25, 0.3) is 17.7 Å². The number of esters is 1. The maximum atomic E-state index is 13.9. The molecule has 4 aromatic rings. The minimum atomic E-state index is -1.29. The zero-order valence-corrected chi connectivity index (χ0v) is 41.0. The van der Waals surface area contributed by atoms with Crippen LogP contribution in [0.3, 0.4) is 0 Å². The van der Waals surface area contributed by atoms with Crippen LogP contribution < -0.4 is 35.6 Å². The largest absolute Gasteiger partial charge is 0.493 e. The summed E-state index contributed by atoms with van der Waals surface area (Å²) < 4.78 is 36.8. The van der Waals surface area contributed by atoms with E-state index in [-0.39, 0.29) is 91.7 Å². The number of carboxylic acid groups (broad SMARTS) is 1. The highest BCUT2D eigenvalue weighted by atomic mass is 16.7. The molecule has 2 aromatic heterocycles. The van der Waals surface area contributed by atoms with Crippen LogP contribution in [0.1, 0.15) is 89.8 Å². The van der Waals surface area contributed by atoms with E-state index in [0.29, 0.717) is 55.3 Å². The second kappa shape index (κ2) is 24.4. The lowest BCUT2D eigenvalue weighted by atomic mass is 10.1. The number of hydrogen-bond acceptors (Lipinski definition) is 15. The van der Waals surface area contributed by atoms with Crippen LogP contribution in [0.5, 0.6) is 11.5 Å². The van der Waals surface area contributed by atoms with Gasteiger partial charge in [-0.1, -0.05) is 12.7 Å². The molecule has 0 radical (unpaired) electrons. The molecule has 5 N–H and O–H groups in total. The number of methoxy groups -OCH3 is 1. The molecule has 24 nitrogen and oxygen atoms in total. The molecule has 7 rings (SSSR count). The van der Waals surface area contributed by atoms with Gasteiger partial charge in [-0.05, 0) is 82.2 Å². The van der Waals surface area contributed by atoms with Crippen LogP contribution in [0.2, 0.25) is 0 Å². The third-order valence-electron chi connectivity index (χ3n) is 12.2. The number of alkyl carbamates (subject to hydrolysis) is 1. The smallest absolute Gasteiger partial charge is 0.414 e. The Balaban J connectivity index is 0.879. The molecule has 2 fully saturated rings. The molecule has 0 aliphatic carbocycles. The van der Waals surface area contributed by atoms with E-state index >= 15 is 0 Å². The highest BCUT2D eigenvalue weighted by molar-refractivity contribution is 6.06. The standard InChI is InChI=1S/C49H60N10O14/c1-6-21-72-48(65)52-29(2)47(64)71-24-11-19-50-43(61)35-27-51-42(57(35)4)44(62)53-31-17-15-30(16-18-31)41-55-38(28-56(41)3)54-39(60)13-10-23-69-37-26-34-32(25-36(37)68-5)45(63)58-20-9-12-33(58)46(59(34)49(66)67)73-40-14-7-8-22-70-40/h6,15-18,25-29,33,40,46H,1,7-14,19-24H2,2-5H3,(H,50,61)(H,52,65)(H,53,62)(H,54,60)(H,66,67). The monoisotopic (exact) mass is 1010 g/mol. The summed E-state index contributed by atoms with van der Waals surface area (Å²) in [6.45, 7) is 6.03. The molecular formula is C49H60N10O14. The first-order valence-corrected chi connectivity index (χ1v) is 23.9. The van der Waals surface area contributed by atoms with E-state index in [2.05, 4.69) is 37.8 Å². The predicted molar refractivity (Wildman–Crippen MR) is 261 cm³/mol. The zero-order valence-electron chi connectivity index (χ0n) is 41.0. The topological polar surface area (TPSA) is 285 Å². The van der Waals surface area contributed by atoms with Gasteiger partial charge in [0.2, 0.25) is 5.91 Å². The fourth-order valence-electron chi connectivity index (χ4n) is 8.55. The van der Waals surface area contributed by atoms with Gasteiger partial charge >= 0.3 is 18.2 Å².